The summed E-state index contributed by atoms with van der Waals surface area (Å²) in [5.74, 6) is -0.635. The number of hydrazone groups is 1. The van der Waals surface area contributed by atoms with E-state index in [0.717, 1.165) is 5.56 Å². The lowest BCUT2D eigenvalue weighted by Crippen LogP contribution is -2.17. The van der Waals surface area contributed by atoms with Crippen LogP contribution in [0.25, 0.3) is 11.3 Å². The lowest BCUT2D eigenvalue weighted by molar-refractivity contribution is 0.0950. The molecule has 0 bridgehead atoms. The van der Waals surface area contributed by atoms with Crippen LogP contribution in [-0.4, -0.2) is 27.4 Å². The van der Waals surface area contributed by atoms with Gasteiger partial charge < -0.3 is 5.11 Å². The van der Waals surface area contributed by atoms with Crippen molar-refractivity contribution < 1.29 is 14.3 Å². The van der Waals surface area contributed by atoms with Gasteiger partial charge in [-0.15, -0.1) is 0 Å². The number of halogens is 1. The summed E-state index contributed by atoms with van der Waals surface area (Å²) in [5, 5.41) is 19.7. The van der Waals surface area contributed by atoms with Gasteiger partial charge in [-0.2, -0.15) is 10.2 Å². The first-order valence-corrected chi connectivity index (χ1v) is 7.05. The van der Waals surface area contributed by atoms with Gasteiger partial charge in [0.25, 0.3) is 5.91 Å². The minimum Gasteiger partial charge on any atom is -0.508 e. The summed E-state index contributed by atoms with van der Waals surface area (Å²) in [6, 6.07) is 13.7. The molecule has 2 aromatic carbocycles. The van der Waals surface area contributed by atoms with Crippen LogP contribution in [0.4, 0.5) is 4.39 Å². The third-order valence-electron chi connectivity index (χ3n) is 3.24. The molecule has 0 radical (unpaired) electrons. The molecule has 1 aromatic heterocycles. The van der Waals surface area contributed by atoms with E-state index in [-0.39, 0.29) is 17.3 Å². The average Bonchev–Trinajstić information content (AvgIpc) is 3.07. The van der Waals surface area contributed by atoms with Crippen molar-refractivity contribution >= 4 is 12.1 Å². The van der Waals surface area contributed by atoms with Gasteiger partial charge in [-0.1, -0.05) is 0 Å². The molecular weight excluding hydrogens is 311 g/mol. The Labute approximate surface area is 136 Å². The fourth-order valence-corrected chi connectivity index (χ4v) is 1.99. The molecule has 1 heterocycles. The van der Waals surface area contributed by atoms with Crippen LogP contribution in [0.2, 0.25) is 0 Å². The maximum Gasteiger partial charge on any atom is 0.289 e. The van der Waals surface area contributed by atoms with Crippen LogP contribution in [0, 0.1) is 5.82 Å². The summed E-state index contributed by atoms with van der Waals surface area (Å²) in [7, 11) is 0. The molecule has 0 aliphatic heterocycles. The van der Waals surface area contributed by atoms with Crippen molar-refractivity contribution in [1.82, 2.24) is 15.6 Å². The van der Waals surface area contributed by atoms with Crippen molar-refractivity contribution in [3.63, 3.8) is 0 Å². The molecule has 0 saturated carbocycles. The van der Waals surface area contributed by atoms with E-state index in [1.54, 1.807) is 30.3 Å². The van der Waals surface area contributed by atoms with Gasteiger partial charge in [0, 0.05) is 5.56 Å². The minimum atomic E-state index is -0.453. The quantitative estimate of drug-likeness (QED) is 0.509. The summed E-state index contributed by atoms with van der Waals surface area (Å²) in [5.41, 5.74) is 4.56. The Morgan fingerprint density at radius 2 is 1.88 bits per heavy atom. The minimum absolute atomic E-state index is 0.155. The molecule has 24 heavy (non-hydrogen) atoms. The highest BCUT2D eigenvalue weighted by Crippen LogP contribution is 2.17. The Bertz CT molecular complexity index is 870. The van der Waals surface area contributed by atoms with Gasteiger partial charge in [0.2, 0.25) is 0 Å². The summed E-state index contributed by atoms with van der Waals surface area (Å²) in [6.07, 6.45) is 1.45. The molecule has 0 aliphatic carbocycles. The standard InChI is InChI=1S/C17H13FN4O2/c18-13-5-3-12(4-6-13)15-9-16(21-20-15)17(24)22-19-10-11-1-7-14(23)8-2-11/h1-10,23H,(H,20,21)(H,22,24)/b19-10+. The normalized spacial score (nSPS) is 10.9. The number of amides is 1. The molecule has 3 rings (SSSR count). The number of aromatic hydroxyl groups is 1. The second-order valence-electron chi connectivity index (χ2n) is 4.96. The topological polar surface area (TPSA) is 90.4 Å². The predicted molar refractivity (Wildman–Crippen MR) is 87.1 cm³/mol. The summed E-state index contributed by atoms with van der Waals surface area (Å²) in [4.78, 5) is 12.0. The van der Waals surface area contributed by atoms with E-state index in [2.05, 4.69) is 20.7 Å². The van der Waals surface area contributed by atoms with E-state index >= 15 is 0 Å². The lowest BCUT2D eigenvalue weighted by atomic mass is 10.1. The summed E-state index contributed by atoms with van der Waals surface area (Å²) < 4.78 is 12.9. The third-order valence-corrected chi connectivity index (χ3v) is 3.24. The maximum atomic E-state index is 12.9. The van der Waals surface area contributed by atoms with Crippen LogP contribution in [-0.2, 0) is 0 Å². The number of carbonyl (C=O) groups is 1. The van der Waals surface area contributed by atoms with Gasteiger partial charge in [0.05, 0.1) is 11.9 Å². The molecule has 0 saturated heterocycles. The lowest BCUT2D eigenvalue weighted by Gasteiger charge is -1.96. The number of phenols is 1. The first kappa shape index (κ1) is 15.4. The monoisotopic (exact) mass is 324 g/mol. The number of phenolic OH excluding ortho intramolecular Hbond substituents is 1. The van der Waals surface area contributed by atoms with Crippen molar-refractivity contribution in [3.05, 3.63) is 71.7 Å². The van der Waals surface area contributed by atoms with E-state index in [0.29, 0.717) is 11.3 Å². The smallest absolute Gasteiger partial charge is 0.289 e. The second-order valence-corrected chi connectivity index (χ2v) is 4.96. The number of aromatic amines is 1. The molecule has 0 spiro atoms. The first-order chi connectivity index (χ1) is 11.6. The Kier molecular flexibility index (Phi) is 4.33. The number of carbonyl (C=O) groups excluding carboxylic acids is 1. The molecule has 0 unspecified atom stereocenters. The van der Waals surface area contributed by atoms with E-state index in [1.807, 2.05) is 0 Å². The van der Waals surface area contributed by atoms with E-state index in [1.165, 1.54) is 30.5 Å². The molecule has 7 heteroatoms. The summed E-state index contributed by atoms with van der Waals surface area (Å²) in [6.45, 7) is 0. The molecule has 120 valence electrons. The molecule has 3 aromatic rings. The Morgan fingerprint density at radius 3 is 2.58 bits per heavy atom. The molecule has 0 aliphatic rings. The average molecular weight is 324 g/mol. The van der Waals surface area contributed by atoms with E-state index in [4.69, 9.17) is 0 Å². The number of benzene rings is 2. The third kappa shape index (κ3) is 3.64. The van der Waals surface area contributed by atoms with Crippen LogP contribution in [0.1, 0.15) is 16.1 Å². The Hall–Kier alpha value is -3.48. The predicted octanol–water partition coefficient (Wildman–Crippen LogP) is 2.69. The van der Waals surface area contributed by atoms with Crippen molar-refractivity contribution in [3.8, 4) is 17.0 Å². The van der Waals surface area contributed by atoms with E-state index in [9.17, 15) is 14.3 Å². The number of nitrogens with one attached hydrogen (secondary N) is 2. The first-order valence-electron chi connectivity index (χ1n) is 7.05. The van der Waals surface area contributed by atoms with Crippen molar-refractivity contribution in [2.75, 3.05) is 0 Å². The fraction of sp³-hybridized carbons (Fsp3) is 0. The van der Waals surface area contributed by atoms with E-state index < -0.39 is 5.91 Å². The summed E-state index contributed by atoms with van der Waals surface area (Å²) >= 11 is 0. The number of rotatable bonds is 4. The van der Waals surface area contributed by atoms with Crippen LogP contribution in [0.3, 0.4) is 0 Å². The Balaban J connectivity index is 1.65. The van der Waals surface area contributed by atoms with Crippen molar-refractivity contribution in [1.29, 1.82) is 0 Å². The number of hydrogen-bond donors (Lipinski definition) is 3. The van der Waals surface area contributed by atoms with Crippen molar-refractivity contribution in [2.45, 2.75) is 0 Å². The molecular formula is C17H13FN4O2. The molecule has 1 amide bonds. The largest absolute Gasteiger partial charge is 0.508 e. The molecule has 0 fully saturated rings. The van der Waals surface area contributed by atoms with Gasteiger partial charge in [0.1, 0.15) is 17.3 Å². The Morgan fingerprint density at radius 1 is 1.17 bits per heavy atom. The van der Waals surface area contributed by atoms with Gasteiger partial charge in [-0.3, -0.25) is 9.89 Å². The van der Waals surface area contributed by atoms with Crippen molar-refractivity contribution in [2.24, 2.45) is 5.10 Å². The van der Waals surface area contributed by atoms with Gasteiger partial charge in [-0.25, -0.2) is 9.82 Å². The zero-order valence-electron chi connectivity index (χ0n) is 12.4. The van der Waals surface area contributed by atoms with Gasteiger partial charge in [0.15, 0.2) is 0 Å². The second kappa shape index (κ2) is 6.74. The maximum absolute atomic E-state index is 12.9. The van der Waals surface area contributed by atoms with Gasteiger partial charge in [-0.05, 0) is 60.2 Å². The molecule has 0 atom stereocenters. The van der Waals surface area contributed by atoms with Crippen LogP contribution in [0.15, 0.2) is 59.7 Å². The molecule has 6 nitrogen and oxygen atoms in total. The van der Waals surface area contributed by atoms with Crippen LogP contribution >= 0.6 is 0 Å². The SMILES string of the molecule is O=C(N/N=C/c1ccc(O)cc1)c1cc(-c2ccc(F)cc2)n[nH]1. The highest BCUT2D eigenvalue weighted by atomic mass is 19.1. The number of nitrogens with zero attached hydrogens (tertiary/aromatic N) is 2. The fourth-order valence-electron chi connectivity index (χ4n) is 1.99. The zero-order chi connectivity index (χ0) is 16.9. The number of hydrogen-bond acceptors (Lipinski definition) is 4. The highest BCUT2D eigenvalue weighted by molar-refractivity contribution is 5.94. The van der Waals surface area contributed by atoms with Crippen LogP contribution < -0.4 is 5.43 Å². The molecule has 3 N–H and O–H groups in total. The zero-order valence-corrected chi connectivity index (χ0v) is 12.4. The number of H-pyrrole nitrogens is 1. The van der Waals surface area contributed by atoms with Crippen LogP contribution in [0.5, 0.6) is 5.75 Å². The number of aromatic nitrogens is 2. The highest BCUT2D eigenvalue weighted by Gasteiger charge is 2.10. The van der Waals surface area contributed by atoms with Gasteiger partial charge >= 0.3 is 0 Å².